The van der Waals surface area contributed by atoms with Gasteiger partial charge in [-0.25, -0.2) is 4.79 Å². The van der Waals surface area contributed by atoms with Crippen LogP contribution in [0, 0.1) is 18.3 Å². The van der Waals surface area contributed by atoms with E-state index in [-0.39, 0.29) is 23.3 Å². The van der Waals surface area contributed by atoms with Crippen molar-refractivity contribution in [2.75, 3.05) is 0 Å². The molecule has 0 bridgehead atoms. The fourth-order valence-electron chi connectivity index (χ4n) is 4.61. The van der Waals surface area contributed by atoms with Crippen molar-refractivity contribution in [2.45, 2.75) is 107 Å². The number of amides is 1. The van der Waals surface area contributed by atoms with Gasteiger partial charge in [-0.2, -0.15) is 0 Å². The number of carbonyl (C=O) groups excluding carboxylic acids is 2. The van der Waals surface area contributed by atoms with Crippen LogP contribution in [0.1, 0.15) is 91.8 Å². The lowest BCUT2D eigenvalue weighted by Gasteiger charge is -2.29. The number of ether oxygens (including phenoxy) is 2. The van der Waals surface area contributed by atoms with Crippen LogP contribution in [-0.4, -0.2) is 23.7 Å². The fourth-order valence-corrected chi connectivity index (χ4v) is 4.61. The first kappa shape index (κ1) is 30.4. The Balaban J connectivity index is 2.63. The summed E-state index contributed by atoms with van der Waals surface area (Å²) in [7, 11) is 0. The zero-order valence-electron chi connectivity index (χ0n) is 24.6. The molecular weight excluding hydrogens is 462 g/mol. The van der Waals surface area contributed by atoms with E-state index in [1.54, 1.807) is 0 Å². The molecule has 1 amide bonds. The smallest absolute Gasteiger partial charge is 0.408 e. The zero-order valence-corrected chi connectivity index (χ0v) is 24.6. The molecular formula is C32H47NO4. The molecule has 0 aliphatic carbocycles. The van der Waals surface area contributed by atoms with Crippen molar-refractivity contribution < 1.29 is 19.1 Å². The summed E-state index contributed by atoms with van der Waals surface area (Å²) in [6, 6.07) is 7.96. The Morgan fingerprint density at radius 2 is 1.62 bits per heavy atom. The van der Waals surface area contributed by atoms with E-state index in [0.29, 0.717) is 12.2 Å². The van der Waals surface area contributed by atoms with Gasteiger partial charge in [-0.1, -0.05) is 77.5 Å². The number of nitrogens with one attached hydrogen (secondary N) is 1. The first-order chi connectivity index (χ1) is 17.0. The van der Waals surface area contributed by atoms with E-state index in [9.17, 15) is 9.59 Å². The van der Waals surface area contributed by atoms with Crippen molar-refractivity contribution in [3.63, 3.8) is 0 Å². The molecule has 0 aromatic heterocycles. The van der Waals surface area contributed by atoms with Crippen molar-refractivity contribution in [1.82, 2.24) is 5.32 Å². The van der Waals surface area contributed by atoms with E-state index in [0.717, 1.165) is 52.3 Å². The SMILES string of the molecule is C=C(Cc1c(OC(C)=O)c(CCC(C)(C)C)c(C)c2ccccc12)C(NC(=O)OC(C)(C)C)C(C)CC. The highest BCUT2D eigenvalue weighted by atomic mass is 16.6. The van der Waals surface area contributed by atoms with E-state index in [1.165, 1.54) is 6.92 Å². The van der Waals surface area contributed by atoms with Gasteiger partial charge in [-0.3, -0.25) is 4.79 Å². The minimum absolute atomic E-state index is 0.133. The van der Waals surface area contributed by atoms with Gasteiger partial charge in [0, 0.05) is 12.5 Å². The number of hydrogen-bond donors (Lipinski definition) is 1. The molecule has 2 aromatic rings. The van der Waals surface area contributed by atoms with Crippen molar-refractivity contribution in [3.8, 4) is 5.75 Å². The molecule has 0 aliphatic rings. The molecule has 2 atom stereocenters. The Labute approximate surface area is 224 Å². The van der Waals surface area contributed by atoms with Gasteiger partial charge < -0.3 is 14.8 Å². The highest BCUT2D eigenvalue weighted by Gasteiger charge is 2.28. The second kappa shape index (κ2) is 12.1. The molecule has 37 heavy (non-hydrogen) atoms. The normalized spacial score (nSPS) is 13.7. The highest BCUT2D eigenvalue weighted by molar-refractivity contribution is 5.93. The Hall–Kier alpha value is -2.82. The Morgan fingerprint density at radius 3 is 2.14 bits per heavy atom. The number of hydrogen-bond acceptors (Lipinski definition) is 4. The average molecular weight is 510 g/mol. The van der Waals surface area contributed by atoms with Gasteiger partial charge in [0.25, 0.3) is 0 Å². The van der Waals surface area contributed by atoms with Crippen LogP contribution in [-0.2, 0) is 22.4 Å². The molecule has 1 N–H and O–H groups in total. The summed E-state index contributed by atoms with van der Waals surface area (Å²) < 4.78 is 11.5. The molecule has 0 radical (unpaired) electrons. The van der Waals surface area contributed by atoms with Crippen molar-refractivity contribution in [1.29, 1.82) is 0 Å². The molecule has 0 saturated heterocycles. The first-order valence-corrected chi connectivity index (χ1v) is 13.4. The lowest BCUT2D eigenvalue weighted by Crippen LogP contribution is -2.43. The van der Waals surface area contributed by atoms with Gasteiger partial charge in [0.15, 0.2) is 0 Å². The number of alkyl carbamates (subject to hydrolysis) is 1. The maximum absolute atomic E-state index is 12.7. The van der Waals surface area contributed by atoms with Crippen LogP contribution in [0.25, 0.3) is 10.8 Å². The second-order valence-corrected chi connectivity index (χ2v) is 12.5. The molecule has 0 spiro atoms. The number of esters is 1. The maximum Gasteiger partial charge on any atom is 0.408 e. The number of carbonyl (C=O) groups is 2. The molecule has 0 aliphatic heterocycles. The molecule has 0 heterocycles. The molecule has 2 rings (SSSR count). The van der Waals surface area contributed by atoms with Crippen LogP contribution in [0.4, 0.5) is 4.79 Å². The minimum Gasteiger partial charge on any atom is -0.444 e. The first-order valence-electron chi connectivity index (χ1n) is 13.4. The number of rotatable bonds is 9. The molecule has 0 fully saturated rings. The summed E-state index contributed by atoms with van der Waals surface area (Å²) in [5, 5.41) is 5.24. The van der Waals surface area contributed by atoms with Crippen LogP contribution in [0.15, 0.2) is 36.4 Å². The van der Waals surface area contributed by atoms with E-state index in [4.69, 9.17) is 9.47 Å². The predicted molar refractivity (Wildman–Crippen MR) is 153 cm³/mol. The molecule has 2 unspecified atom stereocenters. The monoisotopic (exact) mass is 509 g/mol. The van der Waals surface area contributed by atoms with E-state index >= 15 is 0 Å². The van der Waals surface area contributed by atoms with Crippen LogP contribution >= 0.6 is 0 Å². The second-order valence-electron chi connectivity index (χ2n) is 12.5. The summed E-state index contributed by atoms with van der Waals surface area (Å²) in [6.45, 7) is 24.4. The molecule has 5 heteroatoms. The van der Waals surface area contributed by atoms with Crippen LogP contribution in [0.5, 0.6) is 5.75 Å². The summed E-state index contributed by atoms with van der Waals surface area (Å²) in [4.78, 5) is 25.0. The maximum atomic E-state index is 12.7. The summed E-state index contributed by atoms with van der Waals surface area (Å²) >= 11 is 0. The van der Waals surface area contributed by atoms with Crippen molar-refractivity contribution in [2.24, 2.45) is 11.3 Å². The minimum atomic E-state index is -0.594. The van der Waals surface area contributed by atoms with E-state index in [1.807, 2.05) is 32.9 Å². The lowest BCUT2D eigenvalue weighted by molar-refractivity contribution is -0.132. The topological polar surface area (TPSA) is 64.6 Å². The Kier molecular flexibility index (Phi) is 9.98. The molecule has 2 aromatic carbocycles. The van der Waals surface area contributed by atoms with Gasteiger partial charge in [0.1, 0.15) is 11.4 Å². The quantitative estimate of drug-likeness (QED) is 0.211. The molecule has 0 saturated carbocycles. The van der Waals surface area contributed by atoms with Gasteiger partial charge in [-0.05, 0) is 80.2 Å². The Bertz CT molecular complexity index is 1130. The van der Waals surface area contributed by atoms with Crippen molar-refractivity contribution in [3.05, 3.63) is 53.1 Å². The highest BCUT2D eigenvalue weighted by Crippen LogP contribution is 2.40. The number of benzene rings is 2. The van der Waals surface area contributed by atoms with Crippen LogP contribution < -0.4 is 10.1 Å². The summed E-state index contributed by atoms with van der Waals surface area (Å²) in [5.41, 5.74) is 3.52. The lowest BCUT2D eigenvalue weighted by atomic mass is 9.83. The standard InChI is InChI=1S/C32H47NO4/c1-12-20(2)28(33-30(35)37-32(9,10)11)21(3)19-27-26-16-14-13-15-24(26)22(4)25(17-18-31(6,7)8)29(27)36-23(5)34/h13-16,20,28H,3,12,17-19H2,1-2,4-11H3,(H,33,35). The van der Waals surface area contributed by atoms with Gasteiger partial charge in [0.05, 0.1) is 6.04 Å². The Morgan fingerprint density at radius 1 is 1.03 bits per heavy atom. The third kappa shape index (κ3) is 8.62. The zero-order chi connectivity index (χ0) is 28.1. The summed E-state index contributed by atoms with van der Waals surface area (Å²) in [6.07, 6.45) is 2.63. The third-order valence-electron chi connectivity index (χ3n) is 6.76. The number of aryl methyl sites for hydroxylation is 1. The van der Waals surface area contributed by atoms with Crippen molar-refractivity contribution >= 4 is 22.8 Å². The molecule has 5 nitrogen and oxygen atoms in total. The summed E-state index contributed by atoms with van der Waals surface area (Å²) in [5.74, 6) is 0.437. The van der Waals surface area contributed by atoms with Gasteiger partial charge >= 0.3 is 12.1 Å². The third-order valence-corrected chi connectivity index (χ3v) is 6.76. The largest absolute Gasteiger partial charge is 0.444 e. The van der Waals surface area contributed by atoms with E-state index < -0.39 is 11.7 Å². The number of fused-ring (bicyclic) bond motifs is 1. The van der Waals surface area contributed by atoms with E-state index in [2.05, 4.69) is 65.6 Å². The fraction of sp³-hybridized carbons (Fsp3) is 0.562. The van der Waals surface area contributed by atoms with Crippen LogP contribution in [0.2, 0.25) is 0 Å². The van der Waals surface area contributed by atoms with Gasteiger partial charge in [-0.15, -0.1) is 0 Å². The van der Waals surface area contributed by atoms with Gasteiger partial charge in [0.2, 0.25) is 0 Å². The predicted octanol–water partition coefficient (Wildman–Crippen LogP) is 8.09. The molecule has 204 valence electrons. The average Bonchev–Trinajstić information content (AvgIpc) is 2.77. The van der Waals surface area contributed by atoms with Crippen LogP contribution in [0.3, 0.4) is 0 Å².